The zero-order valence-electron chi connectivity index (χ0n) is 14.2. The lowest BCUT2D eigenvalue weighted by Crippen LogP contribution is -2.46. The van der Waals surface area contributed by atoms with Crippen LogP contribution < -0.4 is 0 Å². The Morgan fingerprint density at radius 3 is 2.83 bits per heavy atom. The molecule has 2 atom stereocenters. The standard InChI is InChI=1S/C18H24FN3O2/c1-3-22(11-14(2)10-20)18(23)13-21-8-9-24-17(12-21)15-4-6-16(19)7-5-15/h4-7,14,17H,3,8-9,11-13H2,1-2H3/t14-,17-/m1/s1. The molecule has 24 heavy (non-hydrogen) atoms. The molecule has 1 fully saturated rings. The molecule has 1 saturated heterocycles. The second-order valence-corrected chi connectivity index (χ2v) is 6.11. The number of carbonyl (C=O) groups excluding carboxylic acids is 1. The summed E-state index contributed by atoms with van der Waals surface area (Å²) in [7, 11) is 0. The molecule has 0 aromatic heterocycles. The molecule has 1 aliphatic rings. The first-order valence-electron chi connectivity index (χ1n) is 8.30. The van der Waals surface area contributed by atoms with Gasteiger partial charge in [0, 0.05) is 26.2 Å². The van der Waals surface area contributed by atoms with Crippen LogP contribution in [-0.2, 0) is 9.53 Å². The van der Waals surface area contributed by atoms with Crippen molar-refractivity contribution in [3.8, 4) is 6.07 Å². The van der Waals surface area contributed by atoms with Crippen molar-refractivity contribution in [1.29, 1.82) is 5.26 Å². The van der Waals surface area contributed by atoms with Crippen molar-refractivity contribution in [2.45, 2.75) is 20.0 Å². The third-order valence-electron chi connectivity index (χ3n) is 4.20. The van der Waals surface area contributed by atoms with Crippen molar-refractivity contribution >= 4 is 5.91 Å². The lowest BCUT2D eigenvalue weighted by molar-refractivity contribution is -0.134. The first kappa shape index (κ1) is 18.4. The summed E-state index contributed by atoms with van der Waals surface area (Å²) in [5.41, 5.74) is 0.916. The fourth-order valence-electron chi connectivity index (χ4n) is 2.80. The second-order valence-electron chi connectivity index (χ2n) is 6.11. The molecule has 0 aliphatic carbocycles. The molecule has 1 aromatic carbocycles. The number of nitrogens with zero attached hydrogens (tertiary/aromatic N) is 3. The monoisotopic (exact) mass is 333 g/mol. The van der Waals surface area contributed by atoms with E-state index in [9.17, 15) is 9.18 Å². The Labute approximate surface area is 142 Å². The molecular weight excluding hydrogens is 309 g/mol. The number of amides is 1. The third kappa shape index (κ3) is 5.02. The van der Waals surface area contributed by atoms with Crippen molar-refractivity contribution in [2.24, 2.45) is 5.92 Å². The van der Waals surface area contributed by atoms with Crippen LogP contribution in [0.2, 0.25) is 0 Å². The van der Waals surface area contributed by atoms with Crippen molar-refractivity contribution in [2.75, 3.05) is 39.3 Å². The van der Waals surface area contributed by atoms with Crippen LogP contribution in [0.5, 0.6) is 0 Å². The van der Waals surface area contributed by atoms with Gasteiger partial charge in [0.1, 0.15) is 5.82 Å². The van der Waals surface area contributed by atoms with Crippen LogP contribution in [0.4, 0.5) is 4.39 Å². The molecule has 0 bridgehead atoms. The predicted octanol–water partition coefficient (Wildman–Crippen LogP) is 2.21. The Kier molecular flexibility index (Phi) is 6.71. The molecule has 0 unspecified atom stereocenters. The summed E-state index contributed by atoms with van der Waals surface area (Å²) in [6.07, 6.45) is -0.153. The minimum absolute atomic E-state index is 0.0272. The van der Waals surface area contributed by atoms with E-state index in [0.717, 1.165) is 5.56 Å². The number of benzene rings is 1. The van der Waals surface area contributed by atoms with Gasteiger partial charge in [-0.2, -0.15) is 5.26 Å². The Balaban J connectivity index is 1.93. The van der Waals surface area contributed by atoms with E-state index in [4.69, 9.17) is 10.00 Å². The van der Waals surface area contributed by atoms with Crippen molar-refractivity contribution in [1.82, 2.24) is 9.80 Å². The van der Waals surface area contributed by atoms with Gasteiger partial charge in [0.2, 0.25) is 5.91 Å². The van der Waals surface area contributed by atoms with Crippen LogP contribution >= 0.6 is 0 Å². The maximum Gasteiger partial charge on any atom is 0.236 e. The van der Waals surface area contributed by atoms with Gasteiger partial charge in [-0.1, -0.05) is 12.1 Å². The molecule has 6 heteroatoms. The summed E-state index contributed by atoms with van der Waals surface area (Å²) in [5, 5.41) is 8.92. The summed E-state index contributed by atoms with van der Waals surface area (Å²) < 4.78 is 18.8. The largest absolute Gasteiger partial charge is 0.371 e. The summed E-state index contributed by atoms with van der Waals surface area (Å²) in [5.74, 6) is -0.420. The quantitative estimate of drug-likeness (QED) is 0.801. The number of rotatable bonds is 6. The third-order valence-corrected chi connectivity index (χ3v) is 4.20. The molecule has 2 rings (SSSR count). The van der Waals surface area contributed by atoms with Gasteiger partial charge < -0.3 is 9.64 Å². The average Bonchev–Trinajstić information content (AvgIpc) is 2.60. The Morgan fingerprint density at radius 2 is 2.21 bits per heavy atom. The number of ether oxygens (including phenoxy) is 1. The first-order valence-corrected chi connectivity index (χ1v) is 8.30. The first-order chi connectivity index (χ1) is 11.5. The minimum Gasteiger partial charge on any atom is -0.371 e. The average molecular weight is 333 g/mol. The number of carbonyl (C=O) groups is 1. The highest BCUT2D eigenvalue weighted by Gasteiger charge is 2.25. The van der Waals surface area contributed by atoms with Gasteiger partial charge in [-0.15, -0.1) is 0 Å². The van der Waals surface area contributed by atoms with E-state index < -0.39 is 0 Å². The molecule has 1 aromatic rings. The molecule has 0 spiro atoms. The van der Waals surface area contributed by atoms with E-state index in [0.29, 0.717) is 39.3 Å². The van der Waals surface area contributed by atoms with Gasteiger partial charge in [0.25, 0.3) is 0 Å². The maximum absolute atomic E-state index is 13.0. The molecule has 0 N–H and O–H groups in total. The summed E-state index contributed by atoms with van der Waals surface area (Å²) in [6.45, 7) is 6.92. The van der Waals surface area contributed by atoms with Crippen LogP contribution in [0.15, 0.2) is 24.3 Å². The van der Waals surface area contributed by atoms with Crippen molar-refractivity contribution in [3.05, 3.63) is 35.6 Å². The number of halogens is 1. The number of likely N-dealkylation sites (N-methyl/N-ethyl adjacent to an activating group) is 1. The van der Waals surface area contributed by atoms with E-state index in [1.165, 1.54) is 12.1 Å². The van der Waals surface area contributed by atoms with E-state index in [-0.39, 0.29) is 23.7 Å². The molecule has 1 amide bonds. The topological polar surface area (TPSA) is 56.6 Å². The predicted molar refractivity (Wildman–Crippen MR) is 88.6 cm³/mol. The van der Waals surface area contributed by atoms with Gasteiger partial charge in [-0.05, 0) is 31.5 Å². The van der Waals surface area contributed by atoms with Crippen LogP contribution in [-0.4, -0.2) is 55.0 Å². The highest BCUT2D eigenvalue weighted by atomic mass is 19.1. The van der Waals surface area contributed by atoms with Crippen LogP contribution in [0.25, 0.3) is 0 Å². The van der Waals surface area contributed by atoms with Gasteiger partial charge >= 0.3 is 0 Å². The number of nitriles is 1. The van der Waals surface area contributed by atoms with Gasteiger partial charge in [-0.3, -0.25) is 9.69 Å². The van der Waals surface area contributed by atoms with Gasteiger partial charge in [0.15, 0.2) is 0 Å². The smallest absolute Gasteiger partial charge is 0.236 e. The van der Waals surface area contributed by atoms with E-state index in [1.54, 1.807) is 17.0 Å². The molecule has 130 valence electrons. The van der Waals surface area contributed by atoms with E-state index in [2.05, 4.69) is 11.0 Å². The zero-order valence-corrected chi connectivity index (χ0v) is 14.2. The van der Waals surface area contributed by atoms with Gasteiger partial charge in [0.05, 0.1) is 31.2 Å². The summed E-state index contributed by atoms with van der Waals surface area (Å²) >= 11 is 0. The zero-order chi connectivity index (χ0) is 17.5. The molecule has 0 saturated carbocycles. The van der Waals surface area contributed by atoms with Gasteiger partial charge in [-0.25, -0.2) is 4.39 Å². The van der Waals surface area contributed by atoms with Crippen molar-refractivity contribution in [3.63, 3.8) is 0 Å². The second kappa shape index (κ2) is 8.76. The summed E-state index contributed by atoms with van der Waals surface area (Å²) in [4.78, 5) is 16.2. The van der Waals surface area contributed by atoms with E-state index >= 15 is 0 Å². The number of morpholine rings is 1. The molecular formula is C18H24FN3O2. The van der Waals surface area contributed by atoms with Crippen LogP contribution in [0.3, 0.4) is 0 Å². The molecule has 5 nitrogen and oxygen atoms in total. The molecule has 0 radical (unpaired) electrons. The molecule has 1 aliphatic heterocycles. The Bertz CT molecular complexity index is 585. The number of hydrogen-bond donors (Lipinski definition) is 0. The van der Waals surface area contributed by atoms with Crippen molar-refractivity contribution < 1.29 is 13.9 Å². The normalized spacial score (nSPS) is 19.5. The Hall–Kier alpha value is -1.97. The molecule has 1 heterocycles. The fraction of sp³-hybridized carbons (Fsp3) is 0.556. The number of hydrogen-bond acceptors (Lipinski definition) is 4. The summed E-state index contributed by atoms with van der Waals surface area (Å²) in [6, 6.07) is 8.45. The maximum atomic E-state index is 13.0. The van der Waals surface area contributed by atoms with Crippen LogP contribution in [0, 0.1) is 23.1 Å². The van der Waals surface area contributed by atoms with Crippen LogP contribution in [0.1, 0.15) is 25.5 Å². The highest BCUT2D eigenvalue weighted by molar-refractivity contribution is 5.78. The Morgan fingerprint density at radius 1 is 1.50 bits per heavy atom. The lowest BCUT2D eigenvalue weighted by Gasteiger charge is -2.34. The minimum atomic E-state index is -0.271. The lowest BCUT2D eigenvalue weighted by atomic mass is 10.1. The van der Waals surface area contributed by atoms with E-state index in [1.807, 2.05) is 13.8 Å². The SMILES string of the molecule is CCN(C[C@H](C)C#N)C(=O)CN1CCO[C@@H](c2ccc(F)cc2)C1. The highest BCUT2D eigenvalue weighted by Crippen LogP contribution is 2.22. The fourth-order valence-corrected chi connectivity index (χ4v) is 2.80.